The Labute approximate surface area is 96.7 Å². The number of halogens is 1. The van der Waals surface area contributed by atoms with Crippen molar-refractivity contribution in [2.24, 2.45) is 0 Å². The molecule has 1 aromatic heterocycles. The van der Waals surface area contributed by atoms with Gasteiger partial charge < -0.3 is 5.32 Å². The SMILES string of the molecule is O=C(Nc1cccc(F)c1)Nc1ncccn1. The van der Waals surface area contributed by atoms with Gasteiger partial charge in [-0.3, -0.25) is 5.32 Å². The zero-order valence-corrected chi connectivity index (χ0v) is 8.72. The topological polar surface area (TPSA) is 66.9 Å². The average molecular weight is 232 g/mol. The average Bonchev–Trinajstić information content (AvgIpc) is 2.30. The van der Waals surface area contributed by atoms with Crippen LogP contribution in [-0.2, 0) is 0 Å². The van der Waals surface area contributed by atoms with Gasteiger partial charge in [-0.2, -0.15) is 0 Å². The van der Waals surface area contributed by atoms with Crippen LogP contribution >= 0.6 is 0 Å². The van der Waals surface area contributed by atoms with E-state index in [0.717, 1.165) is 0 Å². The first-order chi connectivity index (χ1) is 8.24. The van der Waals surface area contributed by atoms with Crippen molar-refractivity contribution in [3.8, 4) is 0 Å². The number of carbonyl (C=O) groups excluding carboxylic acids is 1. The van der Waals surface area contributed by atoms with Crippen molar-refractivity contribution >= 4 is 17.7 Å². The van der Waals surface area contributed by atoms with Crippen LogP contribution in [0.1, 0.15) is 0 Å². The van der Waals surface area contributed by atoms with E-state index in [0.29, 0.717) is 5.69 Å². The van der Waals surface area contributed by atoms with Crippen LogP contribution in [-0.4, -0.2) is 16.0 Å². The highest BCUT2D eigenvalue weighted by molar-refractivity contribution is 5.98. The summed E-state index contributed by atoms with van der Waals surface area (Å²) in [5.41, 5.74) is 0.360. The highest BCUT2D eigenvalue weighted by Gasteiger charge is 2.04. The molecule has 1 aromatic carbocycles. The van der Waals surface area contributed by atoms with Gasteiger partial charge in [0.25, 0.3) is 0 Å². The number of hydrogen-bond acceptors (Lipinski definition) is 3. The standard InChI is InChI=1S/C11H9FN4O/c12-8-3-1-4-9(7-8)15-11(17)16-10-13-5-2-6-14-10/h1-7H,(H2,13,14,15,16,17). The van der Waals surface area contributed by atoms with E-state index in [1.807, 2.05) is 0 Å². The van der Waals surface area contributed by atoms with Gasteiger partial charge in [-0.05, 0) is 24.3 Å². The van der Waals surface area contributed by atoms with Crippen LogP contribution in [0.15, 0.2) is 42.7 Å². The summed E-state index contributed by atoms with van der Waals surface area (Å²) in [6, 6.07) is 6.70. The summed E-state index contributed by atoms with van der Waals surface area (Å²) in [4.78, 5) is 19.1. The van der Waals surface area contributed by atoms with Gasteiger partial charge in [-0.1, -0.05) is 6.07 Å². The third kappa shape index (κ3) is 3.23. The molecule has 0 saturated heterocycles. The van der Waals surface area contributed by atoms with Crippen LogP contribution < -0.4 is 10.6 Å². The van der Waals surface area contributed by atoms with E-state index in [4.69, 9.17) is 0 Å². The highest BCUT2D eigenvalue weighted by atomic mass is 19.1. The van der Waals surface area contributed by atoms with Gasteiger partial charge in [0.05, 0.1) is 0 Å². The van der Waals surface area contributed by atoms with E-state index < -0.39 is 11.8 Å². The quantitative estimate of drug-likeness (QED) is 0.834. The fourth-order valence-corrected chi connectivity index (χ4v) is 1.19. The normalized spacial score (nSPS) is 9.71. The molecule has 0 aliphatic rings. The largest absolute Gasteiger partial charge is 0.326 e. The summed E-state index contributed by atoms with van der Waals surface area (Å²) in [5, 5.41) is 4.88. The van der Waals surface area contributed by atoms with Crippen molar-refractivity contribution in [2.45, 2.75) is 0 Å². The minimum absolute atomic E-state index is 0.182. The summed E-state index contributed by atoms with van der Waals surface area (Å²) >= 11 is 0. The van der Waals surface area contributed by atoms with Gasteiger partial charge in [0.2, 0.25) is 5.95 Å². The van der Waals surface area contributed by atoms with E-state index in [1.165, 1.54) is 30.6 Å². The summed E-state index contributed by atoms with van der Waals surface area (Å²) in [6.07, 6.45) is 3.01. The molecule has 0 atom stereocenters. The first kappa shape index (κ1) is 11.0. The van der Waals surface area contributed by atoms with Gasteiger partial charge in [-0.25, -0.2) is 19.2 Å². The number of urea groups is 1. The fraction of sp³-hybridized carbons (Fsp3) is 0. The molecule has 0 aliphatic carbocycles. The Kier molecular flexibility index (Phi) is 3.25. The lowest BCUT2D eigenvalue weighted by atomic mass is 10.3. The molecule has 5 nitrogen and oxygen atoms in total. The Morgan fingerprint density at radius 2 is 1.88 bits per heavy atom. The predicted molar refractivity (Wildman–Crippen MR) is 61.1 cm³/mol. The molecular weight excluding hydrogens is 223 g/mol. The number of nitrogens with one attached hydrogen (secondary N) is 2. The Morgan fingerprint density at radius 3 is 2.59 bits per heavy atom. The van der Waals surface area contributed by atoms with Crippen LogP contribution in [0.5, 0.6) is 0 Å². The van der Waals surface area contributed by atoms with Crippen molar-refractivity contribution in [3.63, 3.8) is 0 Å². The molecule has 17 heavy (non-hydrogen) atoms. The molecule has 0 radical (unpaired) electrons. The first-order valence-corrected chi connectivity index (χ1v) is 4.84. The maximum Gasteiger partial charge on any atom is 0.326 e. The van der Waals surface area contributed by atoms with E-state index in [2.05, 4.69) is 20.6 Å². The number of hydrogen-bond donors (Lipinski definition) is 2. The third-order valence-electron chi connectivity index (χ3n) is 1.87. The number of rotatable bonds is 2. The fourth-order valence-electron chi connectivity index (χ4n) is 1.19. The second-order valence-electron chi connectivity index (χ2n) is 3.16. The minimum atomic E-state index is -0.526. The monoisotopic (exact) mass is 232 g/mol. The molecule has 0 aliphatic heterocycles. The second-order valence-corrected chi connectivity index (χ2v) is 3.16. The molecule has 2 rings (SSSR count). The maximum absolute atomic E-state index is 12.8. The van der Waals surface area contributed by atoms with E-state index in [-0.39, 0.29) is 5.95 Å². The minimum Gasteiger partial charge on any atom is -0.308 e. The van der Waals surface area contributed by atoms with Crippen molar-refractivity contribution < 1.29 is 9.18 Å². The van der Waals surface area contributed by atoms with Gasteiger partial charge in [0.1, 0.15) is 5.82 Å². The molecule has 2 N–H and O–H groups in total. The number of carbonyl (C=O) groups is 1. The second kappa shape index (κ2) is 5.02. The number of anilines is 2. The lowest BCUT2D eigenvalue weighted by Gasteiger charge is -2.05. The lowest BCUT2D eigenvalue weighted by molar-refractivity contribution is 0.262. The van der Waals surface area contributed by atoms with Gasteiger partial charge >= 0.3 is 6.03 Å². The summed E-state index contributed by atoms with van der Waals surface area (Å²) in [6.45, 7) is 0. The molecule has 2 aromatic rings. The molecule has 0 spiro atoms. The molecule has 0 bridgehead atoms. The zero-order valence-electron chi connectivity index (χ0n) is 8.72. The molecule has 0 unspecified atom stereocenters. The van der Waals surface area contributed by atoms with Crippen LogP contribution in [0, 0.1) is 5.82 Å². The Balaban J connectivity index is 1.98. The number of amides is 2. The van der Waals surface area contributed by atoms with Crippen LogP contribution in [0.3, 0.4) is 0 Å². The Morgan fingerprint density at radius 1 is 1.12 bits per heavy atom. The Hall–Kier alpha value is -2.50. The summed E-state index contributed by atoms with van der Waals surface area (Å²) in [5.74, 6) is -0.236. The summed E-state index contributed by atoms with van der Waals surface area (Å²) in [7, 11) is 0. The summed E-state index contributed by atoms with van der Waals surface area (Å²) < 4.78 is 12.8. The molecule has 0 fully saturated rings. The Bertz CT molecular complexity index is 518. The van der Waals surface area contributed by atoms with Crippen LogP contribution in [0.4, 0.5) is 20.8 Å². The number of benzene rings is 1. The molecule has 0 saturated carbocycles. The third-order valence-corrected chi connectivity index (χ3v) is 1.87. The van der Waals surface area contributed by atoms with Gasteiger partial charge in [0.15, 0.2) is 0 Å². The molecule has 6 heteroatoms. The number of nitrogens with zero attached hydrogens (tertiary/aromatic N) is 2. The van der Waals surface area contributed by atoms with E-state index in [1.54, 1.807) is 12.1 Å². The molecule has 86 valence electrons. The number of aromatic nitrogens is 2. The van der Waals surface area contributed by atoms with E-state index in [9.17, 15) is 9.18 Å². The van der Waals surface area contributed by atoms with Crippen molar-refractivity contribution in [1.82, 2.24) is 9.97 Å². The predicted octanol–water partition coefficient (Wildman–Crippen LogP) is 2.26. The van der Waals surface area contributed by atoms with Crippen LogP contribution in [0.2, 0.25) is 0 Å². The van der Waals surface area contributed by atoms with Crippen molar-refractivity contribution in [3.05, 3.63) is 48.5 Å². The molecule has 2 amide bonds. The highest BCUT2D eigenvalue weighted by Crippen LogP contribution is 2.09. The van der Waals surface area contributed by atoms with E-state index >= 15 is 0 Å². The maximum atomic E-state index is 12.8. The van der Waals surface area contributed by atoms with Crippen molar-refractivity contribution in [2.75, 3.05) is 10.6 Å². The lowest BCUT2D eigenvalue weighted by Crippen LogP contribution is -2.20. The van der Waals surface area contributed by atoms with Crippen molar-refractivity contribution in [1.29, 1.82) is 0 Å². The van der Waals surface area contributed by atoms with Gasteiger partial charge in [0, 0.05) is 18.1 Å². The smallest absolute Gasteiger partial charge is 0.308 e. The van der Waals surface area contributed by atoms with Crippen LogP contribution in [0.25, 0.3) is 0 Å². The van der Waals surface area contributed by atoms with Gasteiger partial charge in [-0.15, -0.1) is 0 Å². The molecular formula is C11H9FN4O. The molecule has 1 heterocycles. The first-order valence-electron chi connectivity index (χ1n) is 4.84. The zero-order chi connectivity index (χ0) is 12.1.